The number of likely N-dealkylation sites (tertiary alicyclic amines) is 1. The van der Waals surface area contributed by atoms with E-state index in [-0.39, 0.29) is 5.91 Å². The number of nitrogens with one attached hydrogen (secondary N) is 1. The molecule has 2 aliphatic heterocycles. The molecule has 1 amide bonds. The Bertz CT molecular complexity index is 749. The van der Waals surface area contributed by atoms with Crippen LogP contribution >= 0.6 is 11.3 Å². The zero-order chi connectivity index (χ0) is 18.6. The van der Waals surface area contributed by atoms with Crippen LogP contribution in [-0.2, 0) is 0 Å². The Labute approximate surface area is 165 Å². The number of carbonyl (C=O) groups excluding carboxylic acids is 1. The molecule has 1 aromatic carbocycles. The molecule has 2 aromatic rings. The summed E-state index contributed by atoms with van der Waals surface area (Å²) in [6.07, 6.45) is 2.22. The number of nitrogens with zero attached hydrogens (tertiary/aromatic N) is 2. The van der Waals surface area contributed by atoms with E-state index in [9.17, 15) is 4.79 Å². The first kappa shape index (κ1) is 18.3. The summed E-state index contributed by atoms with van der Waals surface area (Å²) in [7, 11) is 1.74. The van der Waals surface area contributed by atoms with E-state index in [0.717, 1.165) is 62.7 Å². The zero-order valence-corrected chi connectivity index (χ0v) is 16.7. The van der Waals surface area contributed by atoms with Gasteiger partial charge in [0.1, 0.15) is 5.75 Å². The molecule has 4 rings (SSSR count). The van der Waals surface area contributed by atoms with Gasteiger partial charge in [-0.2, -0.15) is 0 Å². The highest BCUT2D eigenvalue weighted by Gasteiger charge is 2.32. The second-order valence-corrected chi connectivity index (χ2v) is 8.31. The van der Waals surface area contributed by atoms with E-state index < -0.39 is 0 Å². The highest BCUT2D eigenvalue weighted by molar-refractivity contribution is 7.12. The average molecular weight is 387 g/mol. The predicted octanol–water partition coefficient (Wildman–Crippen LogP) is 1.77. The van der Waals surface area contributed by atoms with Crippen LogP contribution in [0.3, 0.4) is 0 Å². The fourth-order valence-corrected chi connectivity index (χ4v) is 5.07. The maximum absolute atomic E-state index is 12.5. The molecular weight excluding hydrogens is 358 g/mol. The van der Waals surface area contributed by atoms with E-state index in [1.807, 2.05) is 34.5 Å². The van der Waals surface area contributed by atoms with Gasteiger partial charge >= 0.3 is 0 Å². The maximum atomic E-state index is 12.5. The van der Waals surface area contributed by atoms with Crippen LogP contribution in [0, 0.1) is 0 Å². The standard InChI is InChI=1S/C21H27N3O2S/c1-26-19-6-3-2-5-18(19)23-14-12-22(13-15-23)17-8-10-24(11-9-17)21(25)20-7-4-16-27-20/h2-7,16-17H,8-15H2,1H3/p+1. The molecule has 0 unspecified atom stereocenters. The number of carbonyl (C=O) groups is 1. The molecule has 0 aliphatic carbocycles. The summed E-state index contributed by atoms with van der Waals surface area (Å²) in [5.41, 5.74) is 1.20. The number of piperidine rings is 1. The molecule has 2 fully saturated rings. The number of methoxy groups -OCH3 is 1. The zero-order valence-electron chi connectivity index (χ0n) is 15.9. The largest absolute Gasteiger partial charge is 0.495 e. The summed E-state index contributed by atoms with van der Waals surface area (Å²) in [6, 6.07) is 12.9. The Hall–Kier alpha value is -2.05. The van der Waals surface area contributed by atoms with Crippen LogP contribution in [0.15, 0.2) is 41.8 Å². The van der Waals surface area contributed by atoms with Crippen LogP contribution in [0.25, 0.3) is 0 Å². The number of piperazine rings is 1. The number of benzene rings is 1. The SMILES string of the molecule is COc1ccccc1N1CC[NH+](C2CCN(C(=O)c3cccs3)CC2)CC1. The first-order valence-corrected chi connectivity index (χ1v) is 10.7. The topological polar surface area (TPSA) is 37.2 Å². The molecule has 2 saturated heterocycles. The number of quaternary nitrogens is 1. The van der Waals surface area contributed by atoms with Gasteiger partial charge in [0.05, 0.1) is 49.9 Å². The quantitative estimate of drug-likeness (QED) is 0.870. The Kier molecular flexibility index (Phi) is 5.64. The molecule has 6 heteroatoms. The minimum Gasteiger partial charge on any atom is -0.495 e. The summed E-state index contributed by atoms with van der Waals surface area (Å²) in [6.45, 7) is 6.21. The molecule has 2 aliphatic rings. The predicted molar refractivity (Wildman–Crippen MR) is 109 cm³/mol. The second kappa shape index (κ2) is 8.31. The number of para-hydroxylation sites is 2. The van der Waals surface area contributed by atoms with Crippen molar-refractivity contribution in [3.8, 4) is 5.75 Å². The third-order valence-electron chi connectivity index (χ3n) is 5.92. The maximum Gasteiger partial charge on any atom is 0.263 e. The summed E-state index contributed by atoms with van der Waals surface area (Å²) >= 11 is 1.54. The van der Waals surface area contributed by atoms with E-state index in [4.69, 9.17) is 4.74 Å². The van der Waals surface area contributed by atoms with Crippen molar-refractivity contribution >= 4 is 22.9 Å². The number of amides is 1. The van der Waals surface area contributed by atoms with E-state index in [0.29, 0.717) is 6.04 Å². The van der Waals surface area contributed by atoms with Crippen LogP contribution in [0.4, 0.5) is 5.69 Å². The number of hydrogen-bond donors (Lipinski definition) is 1. The lowest BCUT2D eigenvalue weighted by atomic mass is 10.0. The first-order valence-electron chi connectivity index (χ1n) is 9.81. The lowest BCUT2D eigenvalue weighted by Gasteiger charge is -2.41. The summed E-state index contributed by atoms with van der Waals surface area (Å²) in [5, 5.41) is 1.98. The highest BCUT2D eigenvalue weighted by atomic mass is 32.1. The van der Waals surface area contributed by atoms with Crippen LogP contribution in [0.2, 0.25) is 0 Å². The second-order valence-electron chi connectivity index (χ2n) is 7.36. The van der Waals surface area contributed by atoms with Crippen molar-refractivity contribution in [1.82, 2.24) is 4.90 Å². The van der Waals surface area contributed by atoms with Crippen molar-refractivity contribution in [2.75, 3.05) is 51.3 Å². The Morgan fingerprint density at radius 1 is 1.07 bits per heavy atom. The normalized spacial score (nSPS) is 19.3. The monoisotopic (exact) mass is 386 g/mol. The third-order valence-corrected chi connectivity index (χ3v) is 6.78. The lowest BCUT2D eigenvalue weighted by molar-refractivity contribution is -0.927. The molecule has 0 bridgehead atoms. The number of ether oxygens (including phenoxy) is 1. The summed E-state index contributed by atoms with van der Waals surface area (Å²) in [5.74, 6) is 1.17. The van der Waals surface area contributed by atoms with Gasteiger partial charge in [0.2, 0.25) is 0 Å². The van der Waals surface area contributed by atoms with Gasteiger partial charge in [0.15, 0.2) is 0 Å². The van der Waals surface area contributed by atoms with Gasteiger partial charge in [0.25, 0.3) is 5.91 Å². The van der Waals surface area contributed by atoms with Gasteiger partial charge in [-0.1, -0.05) is 18.2 Å². The van der Waals surface area contributed by atoms with E-state index in [2.05, 4.69) is 17.0 Å². The van der Waals surface area contributed by atoms with Crippen LogP contribution in [0.1, 0.15) is 22.5 Å². The molecule has 27 heavy (non-hydrogen) atoms. The fraction of sp³-hybridized carbons (Fsp3) is 0.476. The summed E-state index contributed by atoms with van der Waals surface area (Å²) < 4.78 is 5.52. The van der Waals surface area contributed by atoms with Gasteiger partial charge in [-0.3, -0.25) is 4.79 Å². The molecule has 1 aromatic heterocycles. The fourth-order valence-electron chi connectivity index (χ4n) is 4.38. The van der Waals surface area contributed by atoms with E-state index >= 15 is 0 Å². The molecule has 3 heterocycles. The van der Waals surface area contributed by atoms with Crippen LogP contribution in [0.5, 0.6) is 5.75 Å². The van der Waals surface area contributed by atoms with E-state index in [1.165, 1.54) is 5.69 Å². The van der Waals surface area contributed by atoms with Crippen molar-refractivity contribution in [2.45, 2.75) is 18.9 Å². The Balaban J connectivity index is 1.29. The molecular formula is C21H28N3O2S+. The molecule has 0 radical (unpaired) electrons. The van der Waals surface area contributed by atoms with Crippen molar-refractivity contribution in [1.29, 1.82) is 0 Å². The Morgan fingerprint density at radius 3 is 2.48 bits per heavy atom. The average Bonchev–Trinajstić information content (AvgIpc) is 3.28. The number of anilines is 1. The van der Waals surface area contributed by atoms with Gasteiger partial charge in [-0.25, -0.2) is 0 Å². The molecule has 5 nitrogen and oxygen atoms in total. The van der Waals surface area contributed by atoms with Gasteiger partial charge < -0.3 is 19.4 Å². The van der Waals surface area contributed by atoms with Crippen molar-refractivity contribution in [3.05, 3.63) is 46.7 Å². The van der Waals surface area contributed by atoms with Crippen molar-refractivity contribution < 1.29 is 14.4 Å². The Morgan fingerprint density at radius 2 is 1.81 bits per heavy atom. The van der Waals surface area contributed by atoms with Gasteiger partial charge in [-0.15, -0.1) is 11.3 Å². The van der Waals surface area contributed by atoms with Gasteiger partial charge in [0, 0.05) is 25.9 Å². The molecule has 0 saturated carbocycles. The number of hydrogen-bond acceptors (Lipinski definition) is 4. The van der Waals surface area contributed by atoms with Gasteiger partial charge in [-0.05, 0) is 23.6 Å². The minimum atomic E-state index is 0.208. The first-order chi connectivity index (χ1) is 13.3. The molecule has 144 valence electrons. The third kappa shape index (κ3) is 3.96. The van der Waals surface area contributed by atoms with Crippen molar-refractivity contribution in [3.63, 3.8) is 0 Å². The summed E-state index contributed by atoms with van der Waals surface area (Å²) in [4.78, 5) is 19.6. The van der Waals surface area contributed by atoms with Crippen molar-refractivity contribution in [2.24, 2.45) is 0 Å². The lowest BCUT2D eigenvalue weighted by Crippen LogP contribution is -3.18. The number of rotatable bonds is 4. The molecule has 1 N–H and O–H groups in total. The minimum absolute atomic E-state index is 0.208. The molecule has 0 spiro atoms. The molecule has 0 atom stereocenters. The van der Waals surface area contributed by atoms with Crippen LogP contribution < -0.4 is 14.5 Å². The highest BCUT2D eigenvalue weighted by Crippen LogP contribution is 2.27. The van der Waals surface area contributed by atoms with Crippen LogP contribution in [-0.4, -0.2) is 63.2 Å². The van der Waals surface area contributed by atoms with E-state index in [1.54, 1.807) is 23.3 Å². The smallest absolute Gasteiger partial charge is 0.263 e. The number of thiophene rings is 1.